The fourth-order valence-electron chi connectivity index (χ4n) is 3.58. The minimum Gasteiger partial charge on any atom is -0.378 e. The van der Waals surface area contributed by atoms with E-state index >= 15 is 0 Å². The van der Waals surface area contributed by atoms with Crippen LogP contribution in [-0.2, 0) is 4.74 Å². The van der Waals surface area contributed by atoms with E-state index in [1.165, 1.54) is 16.1 Å². The Balaban J connectivity index is 1.72. The topological polar surface area (TPSA) is 29.5 Å². The molecule has 126 valence electrons. The number of carbonyl (C=O) groups is 1. The van der Waals surface area contributed by atoms with Crippen molar-refractivity contribution >= 4 is 33.7 Å². The minimum absolute atomic E-state index is 0.288. The molecule has 1 aromatic carbocycles. The molecule has 3 nitrogen and oxygen atoms in total. The second-order valence-electron chi connectivity index (χ2n) is 6.49. The molecule has 2 heterocycles. The van der Waals surface area contributed by atoms with Crippen molar-refractivity contribution in [3.8, 4) is 0 Å². The number of morpholine rings is 1. The van der Waals surface area contributed by atoms with Crippen LogP contribution in [0.2, 0.25) is 5.02 Å². The number of benzene rings is 1. The Bertz CT molecular complexity index is 780. The molecule has 0 amide bonds. The van der Waals surface area contributed by atoms with Crippen LogP contribution in [0.25, 0.3) is 0 Å². The standard InChI is InChI=1S/C19H20ClNO2S/c1-12-10-13(2-4-16(12)20)14-3-5-17(22)19-15(14)11-18(24-19)21-6-8-23-9-7-21/h2,4,10-11,14H,3,5-9H2,1H3. The van der Waals surface area contributed by atoms with Crippen LogP contribution in [0.5, 0.6) is 0 Å². The van der Waals surface area contributed by atoms with E-state index in [9.17, 15) is 4.79 Å². The monoisotopic (exact) mass is 361 g/mol. The van der Waals surface area contributed by atoms with Crippen LogP contribution in [-0.4, -0.2) is 32.1 Å². The molecule has 2 aliphatic rings. The van der Waals surface area contributed by atoms with Gasteiger partial charge < -0.3 is 9.64 Å². The van der Waals surface area contributed by atoms with Crippen molar-refractivity contribution in [1.82, 2.24) is 0 Å². The summed E-state index contributed by atoms with van der Waals surface area (Å²) >= 11 is 7.83. The largest absolute Gasteiger partial charge is 0.378 e. The molecule has 1 aliphatic heterocycles. The van der Waals surface area contributed by atoms with Crippen LogP contribution in [0.1, 0.15) is 45.1 Å². The van der Waals surface area contributed by atoms with Crippen LogP contribution in [0.4, 0.5) is 5.00 Å². The maximum absolute atomic E-state index is 12.4. The van der Waals surface area contributed by atoms with Gasteiger partial charge in [0, 0.05) is 30.5 Å². The lowest BCUT2D eigenvalue weighted by molar-refractivity contribution is 0.0974. The van der Waals surface area contributed by atoms with Crippen molar-refractivity contribution in [3.05, 3.63) is 50.9 Å². The summed E-state index contributed by atoms with van der Waals surface area (Å²) in [5.74, 6) is 0.580. The molecule has 0 N–H and O–H groups in total. The third-order valence-corrected chi connectivity index (χ3v) is 6.62. The first-order valence-electron chi connectivity index (χ1n) is 8.39. The molecule has 1 fully saturated rings. The molecule has 24 heavy (non-hydrogen) atoms. The van der Waals surface area contributed by atoms with E-state index in [1.54, 1.807) is 11.3 Å². The van der Waals surface area contributed by atoms with E-state index in [0.717, 1.165) is 48.2 Å². The summed E-state index contributed by atoms with van der Waals surface area (Å²) in [7, 11) is 0. The Kier molecular flexibility index (Phi) is 4.37. The molecule has 1 aromatic heterocycles. The number of Topliss-reactive ketones (excluding diaryl/α,β-unsaturated/α-hetero) is 1. The number of halogens is 1. The van der Waals surface area contributed by atoms with Crippen LogP contribution in [0.15, 0.2) is 24.3 Å². The number of hydrogen-bond acceptors (Lipinski definition) is 4. The van der Waals surface area contributed by atoms with Gasteiger partial charge in [0.2, 0.25) is 0 Å². The molecule has 0 spiro atoms. The number of ketones is 1. The maximum atomic E-state index is 12.4. The zero-order chi connectivity index (χ0) is 16.7. The van der Waals surface area contributed by atoms with E-state index in [-0.39, 0.29) is 5.78 Å². The fourth-order valence-corrected chi connectivity index (χ4v) is 4.94. The summed E-state index contributed by atoms with van der Waals surface area (Å²) in [6.45, 7) is 5.36. The third kappa shape index (κ3) is 2.87. The number of thiophene rings is 1. The number of ether oxygens (including phenoxy) is 1. The smallest absolute Gasteiger partial charge is 0.173 e. The molecule has 1 aliphatic carbocycles. The molecular weight excluding hydrogens is 342 g/mol. The van der Waals surface area contributed by atoms with E-state index < -0.39 is 0 Å². The molecule has 1 unspecified atom stereocenters. The van der Waals surface area contributed by atoms with Crippen molar-refractivity contribution in [2.45, 2.75) is 25.7 Å². The molecule has 0 radical (unpaired) electrons. The van der Waals surface area contributed by atoms with Crippen molar-refractivity contribution in [3.63, 3.8) is 0 Å². The fraction of sp³-hybridized carbons (Fsp3) is 0.421. The predicted octanol–water partition coefficient (Wildman–Crippen LogP) is 4.65. The van der Waals surface area contributed by atoms with Gasteiger partial charge in [0.15, 0.2) is 5.78 Å². The van der Waals surface area contributed by atoms with Gasteiger partial charge in [-0.3, -0.25) is 4.79 Å². The number of carbonyl (C=O) groups excluding carboxylic acids is 1. The average Bonchev–Trinajstić information content (AvgIpc) is 3.05. The highest BCUT2D eigenvalue weighted by Gasteiger charge is 2.30. The highest BCUT2D eigenvalue weighted by Crippen LogP contribution is 2.44. The Morgan fingerprint density at radius 3 is 2.79 bits per heavy atom. The van der Waals surface area contributed by atoms with Crippen LogP contribution in [0.3, 0.4) is 0 Å². The molecule has 1 saturated heterocycles. The summed E-state index contributed by atoms with van der Waals surface area (Å²) < 4.78 is 5.44. The van der Waals surface area contributed by atoms with E-state index in [0.29, 0.717) is 12.3 Å². The lowest BCUT2D eigenvalue weighted by Gasteiger charge is -2.27. The summed E-state index contributed by atoms with van der Waals surface area (Å²) in [6, 6.07) is 8.47. The molecular formula is C19H20ClNO2S. The number of nitrogens with zero attached hydrogens (tertiary/aromatic N) is 1. The highest BCUT2D eigenvalue weighted by atomic mass is 35.5. The Morgan fingerprint density at radius 1 is 1.25 bits per heavy atom. The minimum atomic E-state index is 0.288. The summed E-state index contributed by atoms with van der Waals surface area (Å²) in [5.41, 5.74) is 3.55. The average molecular weight is 362 g/mol. The van der Waals surface area contributed by atoms with E-state index in [1.807, 2.05) is 13.0 Å². The zero-order valence-corrected chi connectivity index (χ0v) is 15.3. The highest BCUT2D eigenvalue weighted by molar-refractivity contribution is 7.18. The van der Waals surface area contributed by atoms with Gasteiger partial charge in [-0.25, -0.2) is 0 Å². The molecule has 5 heteroatoms. The van der Waals surface area contributed by atoms with Gasteiger partial charge in [-0.1, -0.05) is 23.7 Å². The second kappa shape index (κ2) is 6.51. The molecule has 4 rings (SSSR count). The van der Waals surface area contributed by atoms with Crippen LogP contribution >= 0.6 is 22.9 Å². The maximum Gasteiger partial charge on any atom is 0.173 e. The SMILES string of the molecule is Cc1cc(C2CCC(=O)c3sc(N4CCOCC4)cc32)ccc1Cl. The first-order valence-corrected chi connectivity index (χ1v) is 9.58. The van der Waals surface area contributed by atoms with Crippen LogP contribution in [0, 0.1) is 6.92 Å². The quantitative estimate of drug-likeness (QED) is 0.779. The molecule has 0 saturated carbocycles. The number of aryl methyl sites for hydroxylation is 1. The Hall–Kier alpha value is -1.36. The Morgan fingerprint density at radius 2 is 2.04 bits per heavy atom. The van der Waals surface area contributed by atoms with Gasteiger partial charge in [0.1, 0.15) is 0 Å². The van der Waals surface area contributed by atoms with Gasteiger partial charge in [-0.2, -0.15) is 0 Å². The number of hydrogen-bond donors (Lipinski definition) is 0. The lowest BCUT2D eigenvalue weighted by atomic mass is 9.82. The zero-order valence-electron chi connectivity index (χ0n) is 13.7. The van der Waals surface area contributed by atoms with Gasteiger partial charge in [0.05, 0.1) is 23.1 Å². The van der Waals surface area contributed by atoms with Crippen molar-refractivity contribution in [1.29, 1.82) is 0 Å². The molecule has 1 atom stereocenters. The predicted molar refractivity (Wildman–Crippen MR) is 98.9 cm³/mol. The van der Waals surface area contributed by atoms with Gasteiger partial charge in [0.25, 0.3) is 0 Å². The summed E-state index contributed by atoms with van der Waals surface area (Å²) in [5, 5.41) is 2.00. The summed E-state index contributed by atoms with van der Waals surface area (Å²) in [4.78, 5) is 15.7. The van der Waals surface area contributed by atoms with Crippen molar-refractivity contribution < 1.29 is 9.53 Å². The van der Waals surface area contributed by atoms with Crippen molar-refractivity contribution in [2.24, 2.45) is 0 Å². The number of rotatable bonds is 2. The van der Waals surface area contributed by atoms with Gasteiger partial charge >= 0.3 is 0 Å². The van der Waals surface area contributed by atoms with Gasteiger partial charge in [-0.05, 0) is 42.2 Å². The first kappa shape index (κ1) is 16.1. The van der Waals surface area contributed by atoms with E-state index in [4.69, 9.17) is 16.3 Å². The summed E-state index contributed by atoms with van der Waals surface area (Å²) in [6.07, 6.45) is 1.51. The van der Waals surface area contributed by atoms with Crippen molar-refractivity contribution in [2.75, 3.05) is 31.2 Å². The lowest BCUT2D eigenvalue weighted by Crippen LogP contribution is -2.35. The second-order valence-corrected chi connectivity index (χ2v) is 7.93. The Labute approximate surface area is 151 Å². The molecule has 2 aromatic rings. The van der Waals surface area contributed by atoms with Gasteiger partial charge in [-0.15, -0.1) is 11.3 Å². The van der Waals surface area contributed by atoms with E-state index in [2.05, 4.69) is 23.1 Å². The molecule has 0 bridgehead atoms. The van der Waals surface area contributed by atoms with Crippen LogP contribution < -0.4 is 4.90 Å². The number of fused-ring (bicyclic) bond motifs is 1. The normalized spacial score (nSPS) is 21.0. The number of anilines is 1. The third-order valence-electron chi connectivity index (χ3n) is 4.94. The first-order chi connectivity index (χ1) is 11.6.